The molecule has 0 heterocycles. The van der Waals surface area contributed by atoms with E-state index < -0.39 is 11.9 Å². The number of carboxylic acids is 1. The summed E-state index contributed by atoms with van der Waals surface area (Å²) in [6.45, 7) is 4.52. The first-order valence-electron chi connectivity index (χ1n) is 5.72. The van der Waals surface area contributed by atoms with Crippen molar-refractivity contribution in [2.45, 2.75) is 20.3 Å². The van der Waals surface area contributed by atoms with E-state index in [-0.39, 0.29) is 6.61 Å². The summed E-state index contributed by atoms with van der Waals surface area (Å²) in [5, 5.41) is 8.70. The Kier molecular flexibility index (Phi) is 5.33. The van der Waals surface area contributed by atoms with Crippen molar-refractivity contribution >= 4 is 5.97 Å². The highest BCUT2D eigenvalue weighted by molar-refractivity contribution is 5.69. The van der Waals surface area contributed by atoms with Gasteiger partial charge in [0.2, 0.25) is 0 Å². The molecule has 1 aromatic carbocycles. The SMILES string of the molecule is CCCOc1ccc(OCC(C)C(=O)O)cc1. The van der Waals surface area contributed by atoms with E-state index >= 15 is 0 Å². The lowest BCUT2D eigenvalue weighted by Gasteiger charge is -2.10. The van der Waals surface area contributed by atoms with Gasteiger partial charge in [0, 0.05) is 0 Å². The van der Waals surface area contributed by atoms with Gasteiger partial charge in [-0.15, -0.1) is 0 Å². The number of carboxylic acid groups (broad SMARTS) is 1. The third-order valence-corrected chi connectivity index (χ3v) is 2.22. The van der Waals surface area contributed by atoms with Gasteiger partial charge >= 0.3 is 5.97 Å². The summed E-state index contributed by atoms with van der Waals surface area (Å²) >= 11 is 0. The highest BCUT2D eigenvalue weighted by atomic mass is 16.5. The lowest BCUT2D eigenvalue weighted by molar-refractivity contribution is -0.142. The second-order valence-corrected chi connectivity index (χ2v) is 3.87. The zero-order valence-electron chi connectivity index (χ0n) is 10.2. The average Bonchev–Trinajstić information content (AvgIpc) is 2.34. The largest absolute Gasteiger partial charge is 0.494 e. The molecule has 17 heavy (non-hydrogen) atoms. The van der Waals surface area contributed by atoms with E-state index in [4.69, 9.17) is 14.6 Å². The molecule has 0 aliphatic rings. The van der Waals surface area contributed by atoms with E-state index in [1.165, 1.54) is 0 Å². The maximum absolute atomic E-state index is 10.6. The summed E-state index contributed by atoms with van der Waals surface area (Å²) in [6, 6.07) is 7.19. The first-order valence-corrected chi connectivity index (χ1v) is 5.72. The van der Waals surface area contributed by atoms with Gasteiger partial charge in [-0.1, -0.05) is 6.92 Å². The fourth-order valence-electron chi connectivity index (χ4n) is 1.14. The Labute approximate surface area is 101 Å². The van der Waals surface area contributed by atoms with Crippen LogP contribution in [-0.4, -0.2) is 24.3 Å². The molecule has 4 nitrogen and oxygen atoms in total. The molecular weight excluding hydrogens is 220 g/mol. The Balaban J connectivity index is 2.42. The van der Waals surface area contributed by atoms with Gasteiger partial charge < -0.3 is 14.6 Å². The van der Waals surface area contributed by atoms with Gasteiger partial charge in [0.15, 0.2) is 0 Å². The number of aliphatic carboxylic acids is 1. The topological polar surface area (TPSA) is 55.8 Å². The molecule has 1 aromatic rings. The van der Waals surface area contributed by atoms with Crippen LogP contribution in [0.15, 0.2) is 24.3 Å². The Morgan fingerprint density at radius 3 is 2.24 bits per heavy atom. The van der Waals surface area contributed by atoms with Crippen LogP contribution >= 0.6 is 0 Å². The molecule has 1 atom stereocenters. The molecule has 0 amide bonds. The fourth-order valence-corrected chi connectivity index (χ4v) is 1.14. The second kappa shape index (κ2) is 6.78. The van der Waals surface area contributed by atoms with E-state index in [1.54, 1.807) is 19.1 Å². The number of benzene rings is 1. The van der Waals surface area contributed by atoms with E-state index in [2.05, 4.69) is 0 Å². The Bertz CT molecular complexity index is 345. The van der Waals surface area contributed by atoms with Crippen LogP contribution in [0.5, 0.6) is 11.5 Å². The summed E-state index contributed by atoms with van der Waals surface area (Å²) in [5.41, 5.74) is 0. The summed E-state index contributed by atoms with van der Waals surface area (Å²) in [5.74, 6) is 0.0892. The molecule has 0 aliphatic heterocycles. The fraction of sp³-hybridized carbons (Fsp3) is 0.462. The van der Waals surface area contributed by atoms with Crippen molar-refractivity contribution in [1.29, 1.82) is 0 Å². The minimum atomic E-state index is -0.854. The molecule has 0 aromatic heterocycles. The van der Waals surface area contributed by atoms with Crippen molar-refractivity contribution in [3.8, 4) is 11.5 Å². The third-order valence-electron chi connectivity index (χ3n) is 2.22. The van der Waals surface area contributed by atoms with E-state index in [0.29, 0.717) is 12.4 Å². The van der Waals surface area contributed by atoms with E-state index in [9.17, 15) is 4.79 Å². The minimum absolute atomic E-state index is 0.171. The van der Waals surface area contributed by atoms with Crippen LogP contribution in [0, 0.1) is 5.92 Å². The summed E-state index contributed by atoms with van der Waals surface area (Å²) < 4.78 is 10.8. The molecule has 4 heteroatoms. The zero-order chi connectivity index (χ0) is 12.7. The van der Waals surface area contributed by atoms with Crippen molar-refractivity contribution < 1.29 is 19.4 Å². The first kappa shape index (κ1) is 13.4. The predicted molar refractivity (Wildman–Crippen MR) is 64.5 cm³/mol. The number of ether oxygens (including phenoxy) is 2. The molecule has 0 spiro atoms. The third kappa shape index (κ3) is 4.76. The molecule has 0 saturated carbocycles. The van der Waals surface area contributed by atoms with Gasteiger partial charge in [-0.3, -0.25) is 4.79 Å². The molecular formula is C13H18O4. The van der Waals surface area contributed by atoms with Crippen LogP contribution in [0.4, 0.5) is 0 Å². The normalized spacial score (nSPS) is 11.9. The van der Waals surface area contributed by atoms with Crippen LogP contribution in [0.2, 0.25) is 0 Å². The predicted octanol–water partition coefficient (Wildman–Crippen LogP) is 2.57. The van der Waals surface area contributed by atoms with Gasteiger partial charge in [-0.05, 0) is 37.6 Å². The smallest absolute Gasteiger partial charge is 0.309 e. The maximum Gasteiger partial charge on any atom is 0.309 e. The quantitative estimate of drug-likeness (QED) is 0.793. The number of carbonyl (C=O) groups is 1. The Hall–Kier alpha value is -1.71. The van der Waals surface area contributed by atoms with E-state index in [1.807, 2.05) is 19.1 Å². The van der Waals surface area contributed by atoms with Gasteiger partial charge in [-0.25, -0.2) is 0 Å². The average molecular weight is 238 g/mol. The lowest BCUT2D eigenvalue weighted by atomic mass is 10.2. The van der Waals surface area contributed by atoms with Crippen molar-refractivity contribution in [2.24, 2.45) is 5.92 Å². The van der Waals surface area contributed by atoms with Gasteiger partial charge in [0.25, 0.3) is 0 Å². The summed E-state index contributed by atoms with van der Waals surface area (Å²) in [6.07, 6.45) is 0.967. The highest BCUT2D eigenvalue weighted by Crippen LogP contribution is 2.18. The molecule has 1 unspecified atom stereocenters. The van der Waals surface area contributed by atoms with E-state index in [0.717, 1.165) is 12.2 Å². The monoisotopic (exact) mass is 238 g/mol. The maximum atomic E-state index is 10.6. The van der Waals surface area contributed by atoms with Crippen LogP contribution < -0.4 is 9.47 Å². The van der Waals surface area contributed by atoms with Crippen LogP contribution in [-0.2, 0) is 4.79 Å². The molecule has 94 valence electrons. The second-order valence-electron chi connectivity index (χ2n) is 3.87. The molecule has 0 saturated heterocycles. The summed E-state index contributed by atoms with van der Waals surface area (Å²) in [7, 11) is 0. The van der Waals surface area contributed by atoms with Crippen LogP contribution in [0.3, 0.4) is 0 Å². The molecule has 0 bridgehead atoms. The first-order chi connectivity index (χ1) is 8.13. The zero-order valence-corrected chi connectivity index (χ0v) is 10.2. The molecule has 0 radical (unpaired) electrons. The van der Waals surface area contributed by atoms with Crippen molar-refractivity contribution in [3.05, 3.63) is 24.3 Å². The summed E-state index contributed by atoms with van der Waals surface area (Å²) in [4.78, 5) is 10.6. The number of rotatable bonds is 7. The number of hydrogen-bond donors (Lipinski definition) is 1. The molecule has 0 fully saturated rings. The minimum Gasteiger partial charge on any atom is -0.494 e. The molecule has 1 N–H and O–H groups in total. The number of hydrogen-bond acceptors (Lipinski definition) is 3. The Morgan fingerprint density at radius 2 is 1.76 bits per heavy atom. The van der Waals surface area contributed by atoms with Gasteiger partial charge in [0.05, 0.1) is 12.5 Å². The Morgan fingerprint density at radius 1 is 1.24 bits per heavy atom. The molecule has 1 rings (SSSR count). The van der Waals surface area contributed by atoms with Gasteiger partial charge in [-0.2, -0.15) is 0 Å². The highest BCUT2D eigenvalue weighted by Gasteiger charge is 2.11. The standard InChI is InChI=1S/C13H18O4/c1-3-8-16-11-4-6-12(7-5-11)17-9-10(2)13(14)15/h4-7,10H,3,8-9H2,1-2H3,(H,14,15). The molecule has 0 aliphatic carbocycles. The van der Waals surface area contributed by atoms with Gasteiger partial charge in [0.1, 0.15) is 18.1 Å². The van der Waals surface area contributed by atoms with Crippen molar-refractivity contribution in [2.75, 3.05) is 13.2 Å². The van der Waals surface area contributed by atoms with Crippen LogP contribution in [0.1, 0.15) is 20.3 Å². The van der Waals surface area contributed by atoms with Crippen molar-refractivity contribution in [1.82, 2.24) is 0 Å². The lowest BCUT2D eigenvalue weighted by Crippen LogP contribution is -2.17. The van der Waals surface area contributed by atoms with Crippen LogP contribution in [0.25, 0.3) is 0 Å². The van der Waals surface area contributed by atoms with Crippen molar-refractivity contribution in [3.63, 3.8) is 0 Å².